The Kier molecular flexibility index (Phi) is 4.85. The first-order chi connectivity index (χ1) is 11.7. The van der Waals surface area contributed by atoms with Crippen LogP contribution in [0.5, 0.6) is 0 Å². The van der Waals surface area contributed by atoms with Gasteiger partial charge in [0, 0.05) is 37.1 Å². The second-order valence-electron chi connectivity index (χ2n) is 5.29. The van der Waals surface area contributed by atoms with E-state index in [0.717, 1.165) is 6.41 Å². The van der Waals surface area contributed by atoms with Gasteiger partial charge in [-0.3, -0.25) is 19.7 Å². The Morgan fingerprint density at radius 3 is 2.50 bits per heavy atom. The first-order valence-corrected chi connectivity index (χ1v) is 8.36. The molecule has 2 heterocycles. The number of aromatic nitrogens is 1. The fourth-order valence-corrected chi connectivity index (χ4v) is 3.06. The monoisotopic (exact) mass is 344 g/mol. The lowest BCUT2D eigenvalue weighted by Gasteiger charge is -2.32. The van der Waals surface area contributed by atoms with Crippen molar-refractivity contribution in [3.8, 4) is 0 Å². The molecule has 3 amide bonds. The third kappa shape index (κ3) is 3.60. The standard InChI is InChI=1S/C16H16N4O3S/c21-11-19-6-8-20(9-7-19)15(23)13-10-24-16(17-13)18-14(22)12-4-2-1-3-5-12/h1-5,10-11H,6-9H2,(H,17,18,22). The van der Waals surface area contributed by atoms with Gasteiger partial charge in [-0.05, 0) is 12.1 Å². The van der Waals surface area contributed by atoms with E-state index in [1.807, 2.05) is 6.07 Å². The van der Waals surface area contributed by atoms with Crippen molar-refractivity contribution in [1.29, 1.82) is 0 Å². The van der Waals surface area contributed by atoms with Crippen LogP contribution in [0, 0.1) is 0 Å². The molecular weight excluding hydrogens is 328 g/mol. The maximum Gasteiger partial charge on any atom is 0.273 e. The maximum atomic E-state index is 12.4. The number of nitrogens with one attached hydrogen (secondary N) is 1. The Labute approximate surface area is 142 Å². The molecule has 1 saturated heterocycles. The average molecular weight is 344 g/mol. The van der Waals surface area contributed by atoms with Crippen LogP contribution in [0.25, 0.3) is 0 Å². The molecule has 1 N–H and O–H groups in total. The molecule has 24 heavy (non-hydrogen) atoms. The second-order valence-corrected chi connectivity index (χ2v) is 6.15. The van der Waals surface area contributed by atoms with Crippen LogP contribution in [-0.4, -0.2) is 59.2 Å². The number of benzene rings is 1. The van der Waals surface area contributed by atoms with Crippen molar-refractivity contribution in [3.05, 3.63) is 47.0 Å². The Hall–Kier alpha value is -2.74. The summed E-state index contributed by atoms with van der Waals surface area (Å²) in [5.74, 6) is -0.444. The van der Waals surface area contributed by atoms with Gasteiger partial charge >= 0.3 is 0 Å². The van der Waals surface area contributed by atoms with Gasteiger partial charge in [-0.1, -0.05) is 18.2 Å². The Morgan fingerprint density at radius 1 is 1.12 bits per heavy atom. The van der Waals surface area contributed by atoms with Crippen molar-refractivity contribution >= 4 is 34.7 Å². The molecule has 1 aromatic carbocycles. The number of carbonyl (C=O) groups is 3. The van der Waals surface area contributed by atoms with Crippen LogP contribution in [0.3, 0.4) is 0 Å². The minimum absolute atomic E-state index is 0.183. The second kappa shape index (κ2) is 7.22. The zero-order valence-electron chi connectivity index (χ0n) is 12.8. The van der Waals surface area contributed by atoms with E-state index in [0.29, 0.717) is 42.6 Å². The van der Waals surface area contributed by atoms with Gasteiger partial charge in [-0.2, -0.15) is 0 Å². The normalized spacial score (nSPS) is 14.3. The molecule has 3 rings (SSSR count). The number of hydrogen-bond donors (Lipinski definition) is 1. The molecule has 1 aliphatic heterocycles. The van der Waals surface area contributed by atoms with E-state index < -0.39 is 0 Å². The predicted molar refractivity (Wildman–Crippen MR) is 90.0 cm³/mol. The van der Waals surface area contributed by atoms with E-state index in [9.17, 15) is 14.4 Å². The molecule has 0 bridgehead atoms. The number of rotatable bonds is 4. The molecule has 1 aliphatic rings. The molecule has 2 aromatic rings. The lowest BCUT2D eigenvalue weighted by Crippen LogP contribution is -2.48. The summed E-state index contributed by atoms with van der Waals surface area (Å²) in [7, 11) is 0. The lowest BCUT2D eigenvalue weighted by molar-refractivity contribution is -0.119. The van der Waals surface area contributed by atoms with Gasteiger partial charge in [0.15, 0.2) is 5.13 Å². The molecule has 0 unspecified atom stereocenters. The molecule has 1 fully saturated rings. The highest BCUT2D eigenvalue weighted by Gasteiger charge is 2.23. The third-order valence-corrected chi connectivity index (χ3v) is 4.49. The molecule has 1 aromatic heterocycles. The van der Waals surface area contributed by atoms with E-state index in [1.165, 1.54) is 11.3 Å². The van der Waals surface area contributed by atoms with E-state index in [4.69, 9.17) is 0 Å². The van der Waals surface area contributed by atoms with Gasteiger partial charge in [0.1, 0.15) is 5.69 Å². The number of amides is 3. The van der Waals surface area contributed by atoms with E-state index in [2.05, 4.69) is 10.3 Å². The van der Waals surface area contributed by atoms with Crippen molar-refractivity contribution in [1.82, 2.24) is 14.8 Å². The van der Waals surface area contributed by atoms with Crippen LogP contribution < -0.4 is 5.32 Å². The molecule has 0 radical (unpaired) electrons. The molecule has 8 heteroatoms. The van der Waals surface area contributed by atoms with Crippen molar-refractivity contribution < 1.29 is 14.4 Å². The zero-order chi connectivity index (χ0) is 16.9. The highest BCUT2D eigenvalue weighted by molar-refractivity contribution is 7.14. The molecule has 124 valence electrons. The largest absolute Gasteiger partial charge is 0.342 e. The van der Waals surface area contributed by atoms with Crippen LogP contribution in [0.4, 0.5) is 5.13 Å². The van der Waals surface area contributed by atoms with Gasteiger partial charge in [-0.15, -0.1) is 11.3 Å². The van der Waals surface area contributed by atoms with Crippen molar-refractivity contribution in [2.24, 2.45) is 0 Å². The molecule has 0 aliphatic carbocycles. The Balaban J connectivity index is 1.62. The first-order valence-electron chi connectivity index (χ1n) is 7.48. The smallest absolute Gasteiger partial charge is 0.273 e. The molecule has 0 spiro atoms. The third-order valence-electron chi connectivity index (χ3n) is 3.73. The molecule has 0 saturated carbocycles. The zero-order valence-corrected chi connectivity index (χ0v) is 13.7. The molecule has 7 nitrogen and oxygen atoms in total. The van der Waals surface area contributed by atoms with E-state index in [-0.39, 0.29) is 11.8 Å². The Morgan fingerprint density at radius 2 is 1.83 bits per heavy atom. The van der Waals surface area contributed by atoms with Crippen LogP contribution in [0.15, 0.2) is 35.7 Å². The predicted octanol–water partition coefficient (Wildman–Crippen LogP) is 1.31. The van der Waals surface area contributed by atoms with Gasteiger partial charge in [-0.25, -0.2) is 4.98 Å². The van der Waals surface area contributed by atoms with Crippen LogP contribution in [0.1, 0.15) is 20.8 Å². The summed E-state index contributed by atoms with van der Waals surface area (Å²) in [6.07, 6.45) is 0.794. The van der Waals surface area contributed by atoms with Gasteiger partial charge in [0.25, 0.3) is 11.8 Å². The summed E-state index contributed by atoms with van der Waals surface area (Å²) in [6.45, 7) is 2.02. The first kappa shape index (κ1) is 16.1. The highest BCUT2D eigenvalue weighted by Crippen LogP contribution is 2.18. The minimum atomic E-state index is -0.261. The van der Waals surface area contributed by atoms with E-state index in [1.54, 1.807) is 39.4 Å². The number of thiazole rings is 1. The fraction of sp³-hybridized carbons (Fsp3) is 0.250. The summed E-state index contributed by atoms with van der Waals surface area (Å²) >= 11 is 1.21. The lowest BCUT2D eigenvalue weighted by atomic mass is 10.2. The quantitative estimate of drug-likeness (QED) is 0.848. The maximum absolute atomic E-state index is 12.4. The summed E-state index contributed by atoms with van der Waals surface area (Å²) < 4.78 is 0. The topological polar surface area (TPSA) is 82.6 Å². The van der Waals surface area contributed by atoms with Crippen molar-refractivity contribution in [2.75, 3.05) is 31.5 Å². The van der Waals surface area contributed by atoms with Crippen LogP contribution in [0.2, 0.25) is 0 Å². The summed E-state index contributed by atoms with van der Waals surface area (Å²) in [6, 6.07) is 8.82. The summed E-state index contributed by atoms with van der Waals surface area (Å²) in [5.41, 5.74) is 0.841. The van der Waals surface area contributed by atoms with E-state index >= 15 is 0 Å². The number of anilines is 1. The fourth-order valence-electron chi connectivity index (χ4n) is 2.38. The van der Waals surface area contributed by atoms with Crippen molar-refractivity contribution in [2.45, 2.75) is 0 Å². The number of nitrogens with zero attached hydrogens (tertiary/aromatic N) is 3. The van der Waals surface area contributed by atoms with Crippen LogP contribution in [-0.2, 0) is 4.79 Å². The highest BCUT2D eigenvalue weighted by atomic mass is 32.1. The van der Waals surface area contributed by atoms with Crippen LogP contribution >= 0.6 is 11.3 Å². The minimum Gasteiger partial charge on any atom is -0.342 e. The Bertz CT molecular complexity index is 739. The van der Waals surface area contributed by atoms with Gasteiger partial charge in [0.2, 0.25) is 6.41 Å². The molecular formula is C16H16N4O3S. The number of carbonyl (C=O) groups excluding carboxylic acids is 3. The molecule has 0 atom stereocenters. The average Bonchev–Trinajstić information content (AvgIpc) is 3.10. The SMILES string of the molecule is O=CN1CCN(C(=O)c2csc(NC(=O)c3ccccc3)n2)CC1. The number of hydrogen-bond acceptors (Lipinski definition) is 5. The van der Waals surface area contributed by atoms with Gasteiger partial charge < -0.3 is 9.80 Å². The van der Waals surface area contributed by atoms with Gasteiger partial charge in [0.05, 0.1) is 0 Å². The summed E-state index contributed by atoms with van der Waals surface area (Å²) in [5, 5.41) is 4.72. The summed E-state index contributed by atoms with van der Waals surface area (Å²) in [4.78, 5) is 42.7. The number of piperazine rings is 1. The van der Waals surface area contributed by atoms with Crippen molar-refractivity contribution in [3.63, 3.8) is 0 Å².